The lowest BCUT2D eigenvalue weighted by Gasteiger charge is -2.27. The average molecular weight is 196 g/mol. The fourth-order valence-corrected chi connectivity index (χ4v) is 2.86. The van der Waals surface area contributed by atoms with E-state index in [9.17, 15) is 0 Å². The Hall–Kier alpha value is -0.0800. The van der Waals surface area contributed by atoms with Crippen LogP contribution in [0.1, 0.15) is 39.0 Å². The van der Waals surface area contributed by atoms with Gasteiger partial charge in [0.2, 0.25) is 0 Å². The summed E-state index contributed by atoms with van der Waals surface area (Å²) in [4.78, 5) is 5.35. The largest absolute Gasteiger partial charge is 0.302 e. The molecule has 2 saturated heterocycles. The summed E-state index contributed by atoms with van der Waals surface area (Å²) in [5.41, 5.74) is 0. The monoisotopic (exact) mass is 196 g/mol. The fraction of sp³-hybridized carbons (Fsp3) is 1.00. The van der Waals surface area contributed by atoms with Gasteiger partial charge in [0, 0.05) is 12.6 Å². The normalized spacial score (nSPS) is 31.9. The molecule has 82 valence electrons. The summed E-state index contributed by atoms with van der Waals surface area (Å²) in [7, 11) is 0. The molecule has 2 heteroatoms. The van der Waals surface area contributed by atoms with Crippen molar-refractivity contribution in [3.63, 3.8) is 0 Å². The Kier molecular flexibility index (Phi) is 3.82. The van der Waals surface area contributed by atoms with Crippen molar-refractivity contribution in [1.82, 2.24) is 9.80 Å². The van der Waals surface area contributed by atoms with Crippen molar-refractivity contribution in [2.75, 3.05) is 32.7 Å². The molecule has 2 nitrogen and oxygen atoms in total. The predicted molar refractivity (Wildman–Crippen MR) is 60.6 cm³/mol. The van der Waals surface area contributed by atoms with Crippen molar-refractivity contribution < 1.29 is 0 Å². The molecule has 0 aromatic carbocycles. The van der Waals surface area contributed by atoms with E-state index in [4.69, 9.17) is 0 Å². The van der Waals surface area contributed by atoms with Gasteiger partial charge in [0.25, 0.3) is 0 Å². The number of likely N-dealkylation sites (tertiary alicyclic amines) is 2. The van der Waals surface area contributed by atoms with Crippen molar-refractivity contribution in [3.8, 4) is 0 Å². The van der Waals surface area contributed by atoms with E-state index in [0.717, 1.165) is 6.04 Å². The second-order valence-electron chi connectivity index (χ2n) is 4.79. The third-order valence-electron chi connectivity index (χ3n) is 3.85. The molecule has 0 aromatic heterocycles. The highest BCUT2D eigenvalue weighted by atomic mass is 15.2. The van der Waals surface area contributed by atoms with Crippen LogP contribution in [-0.4, -0.2) is 48.6 Å². The molecule has 1 atom stereocenters. The highest BCUT2D eigenvalue weighted by Gasteiger charge is 2.26. The fourth-order valence-electron chi connectivity index (χ4n) is 2.86. The maximum atomic E-state index is 2.75. The Morgan fingerprint density at radius 3 is 2.29 bits per heavy atom. The van der Waals surface area contributed by atoms with Crippen LogP contribution in [0, 0.1) is 0 Å². The van der Waals surface area contributed by atoms with Gasteiger partial charge < -0.3 is 4.90 Å². The van der Waals surface area contributed by atoms with Crippen LogP contribution in [0.15, 0.2) is 0 Å². The SMILES string of the molecule is CCN1CCC(N2CCCCCC2)C1. The van der Waals surface area contributed by atoms with E-state index in [-0.39, 0.29) is 0 Å². The number of rotatable bonds is 2. The Balaban J connectivity index is 1.82. The maximum Gasteiger partial charge on any atom is 0.0235 e. The van der Waals surface area contributed by atoms with Gasteiger partial charge in [0.1, 0.15) is 0 Å². The summed E-state index contributed by atoms with van der Waals surface area (Å²) in [6, 6.07) is 0.882. The van der Waals surface area contributed by atoms with Gasteiger partial charge >= 0.3 is 0 Å². The first-order valence-electron chi connectivity index (χ1n) is 6.36. The minimum Gasteiger partial charge on any atom is -0.302 e. The van der Waals surface area contributed by atoms with E-state index in [0.29, 0.717) is 0 Å². The van der Waals surface area contributed by atoms with Gasteiger partial charge in [-0.15, -0.1) is 0 Å². The van der Waals surface area contributed by atoms with Crippen LogP contribution in [0.25, 0.3) is 0 Å². The van der Waals surface area contributed by atoms with Crippen LogP contribution in [-0.2, 0) is 0 Å². The second-order valence-corrected chi connectivity index (χ2v) is 4.79. The molecule has 2 aliphatic rings. The third-order valence-corrected chi connectivity index (χ3v) is 3.85. The first kappa shape index (κ1) is 10.4. The zero-order valence-corrected chi connectivity index (χ0v) is 9.54. The van der Waals surface area contributed by atoms with Crippen LogP contribution in [0.4, 0.5) is 0 Å². The lowest BCUT2D eigenvalue weighted by atomic mass is 10.2. The molecule has 0 spiro atoms. The molecular formula is C12H24N2. The molecule has 0 bridgehead atoms. The van der Waals surface area contributed by atoms with Crippen molar-refractivity contribution >= 4 is 0 Å². The Morgan fingerprint density at radius 1 is 1.00 bits per heavy atom. The standard InChI is InChI=1S/C12H24N2/c1-2-13-10-7-12(11-13)14-8-5-3-4-6-9-14/h12H,2-11H2,1H3. The summed E-state index contributed by atoms with van der Waals surface area (Å²) in [5, 5.41) is 0. The predicted octanol–water partition coefficient (Wildman–Crippen LogP) is 1.96. The summed E-state index contributed by atoms with van der Waals surface area (Å²) in [5.74, 6) is 0. The first-order chi connectivity index (χ1) is 6.90. The van der Waals surface area contributed by atoms with E-state index >= 15 is 0 Å². The molecule has 0 N–H and O–H groups in total. The number of hydrogen-bond donors (Lipinski definition) is 0. The van der Waals surface area contributed by atoms with Crippen molar-refractivity contribution in [2.45, 2.75) is 45.1 Å². The molecule has 1 unspecified atom stereocenters. The van der Waals surface area contributed by atoms with Crippen LogP contribution in [0.2, 0.25) is 0 Å². The molecule has 0 amide bonds. The molecule has 2 aliphatic heterocycles. The molecular weight excluding hydrogens is 172 g/mol. The van der Waals surface area contributed by atoms with Gasteiger partial charge in [-0.3, -0.25) is 4.90 Å². The zero-order chi connectivity index (χ0) is 9.80. The van der Waals surface area contributed by atoms with Gasteiger partial charge in [-0.1, -0.05) is 19.8 Å². The quantitative estimate of drug-likeness (QED) is 0.666. The smallest absolute Gasteiger partial charge is 0.0235 e. The van der Waals surface area contributed by atoms with Crippen molar-refractivity contribution in [2.24, 2.45) is 0 Å². The molecule has 2 heterocycles. The highest BCUT2D eigenvalue weighted by Crippen LogP contribution is 2.19. The molecule has 0 aliphatic carbocycles. The number of likely N-dealkylation sites (N-methyl/N-ethyl adjacent to an activating group) is 1. The molecule has 2 rings (SSSR count). The first-order valence-corrected chi connectivity index (χ1v) is 6.36. The topological polar surface area (TPSA) is 6.48 Å². The second kappa shape index (κ2) is 5.13. The van der Waals surface area contributed by atoms with E-state index in [2.05, 4.69) is 16.7 Å². The summed E-state index contributed by atoms with van der Waals surface area (Å²) < 4.78 is 0. The van der Waals surface area contributed by atoms with Gasteiger partial charge in [-0.05, 0) is 45.4 Å². The van der Waals surface area contributed by atoms with Gasteiger partial charge in [0.05, 0.1) is 0 Å². The Bertz CT molecular complexity index is 162. The molecule has 14 heavy (non-hydrogen) atoms. The number of hydrogen-bond acceptors (Lipinski definition) is 2. The van der Waals surface area contributed by atoms with Crippen molar-refractivity contribution in [1.29, 1.82) is 0 Å². The lowest BCUT2D eigenvalue weighted by Crippen LogP contribution is -2.38. The van der Waals surface area contributed by atoms with Crippen LogP contribution in [0.3, 0.4) is 0 Å². The van der Waals surface area contributed by atoms with Crippen LogP contribution >= 0.6 is 0 Å². The Morgan fingerprint density at radius 2 is 1.71 bits per heavy atom. The Labute approximate surface area is 88.3 Å². The van der Waals surface area contributed by atoms with Crippen LogP contribution in [0.5, 0.6) is 0 Å². The van der Waals surface area contributed by atoms with E-state index < -0.39 is 0 Å². The summed E-state index contributed by atoms with van der Waals surface area (Å²) >= 11 is 0. The van der Waals surface area contributed by atoms with Crippen molar-refractivity contribution in [3.05, 3.63) is 0 Å². The van der Waals surface area contributed by atoms with Gasteiger partial charge in [-0.2, -0.15) is 0 Å². The minimum atomic E-state index is 0.882. The summed E-state index contributed by atoms with van der Waals surface area (Å²) in [6.45, 7) is 8.91. The van der Waals surface area contributed by atoms with E-state index in [1.165, 1.54) is 64.8 Å². The molecule has 2 fully saturated rings. The number of nitrogens with zero attached hydrogens (tertiary/aromatic N) is 2. The maximum absolute atomic E-state index is 2.75. The molecule has 0 saturated carbocycles. The van der Waals surface area contributed by atoms with Crippen LogP contribution < -0.4 is 0 Å². The van der Waals surface area contributed by atoms with E-state index in [1.807, 2.05) is 0 Å². The molecule has 0 radical (unpaired) electrons. The van der Waals surface area contributed by atoms with E-state index in [1.54, 1.807) is 0 Å². The average Bonchev–Trinajstić information content (AvgIpc) is 2.53. The van der Waals surface area contributed by atoms with Gasteiger partial charge in [0.15, 0.2) is 0 Å². The molecule has 0 aromatic rings. The highest BCUT2D eigenvalue weighted by molar-refractivity contribution is 4.83. The lowest BCUT2D eigenvalue weighted by molar-refractivity contribution is 0.201. The zero-order valence-electron chi connectivity index (χ0n) is 9.54. The minimum absolute atomic E-state index is 0.882. The third kappa shape index (κ3) is 2.48. The van der Waals surface area contributed by atoms with Gasteiger partial charge in [-0.25, -0.2) is 0 Å². The summed E-state index contributed by atoms with van der Waals surface area (Å²) in [6.07, 6.45) is 7.19.